The fourth-order valence-corrected chi connectivity index (χ4v) is 3.61. The average molecular weight is 424 g/mol. The number of fused-ring (bicyclic) bond motifs is 2. The van der Waals surface area contributed by atoms with Gasteiger partial charge in [-0.2, -0.15) is 0 Å². The van der Waals surface area contributed by atoms with Crippen LogP contribution in [-0.4, -0.2) is 33.7 Å². The highest BCUT2D eigenvalue weighted by Gasteiger charge is 2.21. The summed E-state index contributed by atoms with van der Waals surface area (Å²) in [4.78, 5) is 44.8. The van der Waals surface area contributed by atoms with Crippen molar-refractivity contribution in [2.45, 2.75) is 39.8 Å². The van der Waals surface area contributed by atoms with Crippen molar-refractivity contribution in [2.75, 3.05) is 13.2 Å². The summed E-state index contributed by atoms with van der Waals surface area (Å²) >= 11 is 0. The highest BCUT2D eigenvalue weighted by atomic mass is 16.6. The summed E-state index contributed by atoms with van der Waals surface area (Å²) in [6, 6.07) is 7.11. The van der Waals surface area contributed by atoms with Crippen molar-refractivity contribution in [1.29, 1.82) is 0 Å². The number of ether oxygens (including phenoxy) is 2. The molecule has 162 valence electrons. The Morgan fingerprint density at radius 3 is 2.77 bits per heavy atom. The number of aromatic amines is 1. The molecule has 4 rings (SSSR count). The largest absolute Gasteiger partial charge is 0.486 e. The van der Waals surface area contributed by atoms with E-state index < -0.39 is 17.2 Å². The Bertz CT molecular complexity index is 1280. The van der Waals surface area contributed by atoms with Crippen LogP contribution in [-0.2, 0) is 13.1 Å². The Morgan fingerprint density at radius 1 is 1.26 bits per heavy atom. The number of rotatable bonds is 5. The van der Waals surface area contributed by atoms with Gasteiger partial charge in [0.15, 0.2) is 17.1 Å². The lowest BCUT2D eigenvalue weighted by atomic mass is 10.0. The van der Waals surface area contributed by atoms with Gasteiger partial charge in [0.05, 0.1) is 10.9 Å². The maximum atomic E-state index is 13.2. The van der Waals surface area contributed by atoms with Crippen molar-refractivity contribution in [1.82, 2.24) is 19.9 Å². The first-order valence-corrected chi connectivity index (χ1v) is 10.2. The van der Waals surface area contributed by atoms with Crippen molar-refractivity contribution >= 4 is 16.9 Å². The molecule has 2 N–H and O–H groups in total. The molecule has 1 aromatic carbocycles. The maximum Gasteiger partial charge on any atom is 0.329 e. The van der Waals surface area contributed by atoms with Gasteiger partial charge in [-0.15, -0.1) is 0 Å². The van der Waals surface area contributed by atoms with Crippen LogP contribution >= 0.6 is 0 Å². The third-order valence-electron chi connectivity index (χ3n) is 5.21. The van der Waals surface area contributed by atoms with Crippen LogP contribution in [0.3, 0.4) is 0 Å². The summed E-state index contributed by atoms with van der Waals surface area (Å²) in [5, 5.41) is 2.96. The van der Waals surface area contributed by atoms with Crippen molar-refractivity contribution < 1.29 is 14.3 Å². The van der Waals surface area contributed by atoms with E-state index in [0.29, 0.717) is 37.0 Å². The number of aromatic nitrogens is 3. The number of para-hydroxylation sites is 1. The molecule has 0 saturated carbocycles. The molecule has 0 fully saturated rings. The lowest BCUT2D eigenvalue weighted by molar-refractivity contribution is 0.0951. The Morgan fingerprint density at radius 2 is 2.03 bits per heavy atom. The van der Waals surface area contributed by atoms with Crippen molar-refractivity contribution in [3.63, 3.8) is 0 Å². The topological polar surface area (TPSA) is 115 Å². The highest BCUT2D eigenvalue weighted by molar-refractivity contribution is 6.05. The normalized spacial score (nSPS) is 12.9. The van der Waals surface area contributed by atoms with Gasteiger partial charge in [0.25, 0.3) is 11.5 Å². The number of H-pyrrole nitrogens is 1. The maximum absolute atomic E-state index is 13.2. The molecule has 0 radical (unpaired) electrons. The van der Waals surface area contributed by atoms with Gasteiger partial charge < -0.3 is 14.8 Å². The van der Waals surface area contributed by atoms with Gasteiger partial charge in [-0.3, -0.25) is 19.1 Å². The van der Waals surface area contributed by atoms with Crippen molar-refractivity contribution in [3.8, 4) is 11.5 Å². The number of pyridine rings is 1. The molecule has 0 unspecified atom stereocenters. The van der Waals surface area contributed by atoms with Gasteiger partial charge in [0, 0.05) is 24.3 Å². The van der Waals surface area contributed by atoms with Crippen LogP contribution in [0.25, 0.3) is 11.0 Å². The quantitative estimate of drug-likeness (QED) is 0.647. The molecule has 1 aliphatic heterocycles. The third kappa shape index (κ3) is 3.78. The van der Waals surface area contributed by atoms with E-state index in [-0.39, 0.29) is 29.1 Å². The van der Waals surface area contributed by atoms with Crippen LogP contribution < -0.4 is 26.0 Å². The zero-order chi connectivity index (χ0) is 22.1. The zero-order valence-corrected chi connectivity index (χ0v) is 17.7. The first-order valence-electron chi connectivity index (χ1n) is 10.2. The molecule has 0 bridgehead atoms. The van der Waals surface area contributed by atoms with Crippen LogP contribution in [0.5, 0.6) is 11.5 Å². The number of nitrogens with zero attached hydrogens (tertiary/aromatic N) is 2. The lowest BCUT2D eigenvalue weighted by Crippen LogP contribution is -2.33. The zero-order valence-electron chi connectivity index (χ0n) is 17.7. The molecule has 0 atom stereocenters. The molecule has 3 aromatic rings. The minimum absolute atomic E-state index is 0.00216. The minimum Gasteiger partial charge on any atom is -0.486 e. The summed E-state index contributed by atoms with van der Waals surface area (Å²) in [6.45, 7) is 7.08. The Kier molecular flexibility index (Phi) is 5.50. The standard InChI is InChI=1S/C22H24N4O5/c1-4-26-19-17(21(28)25-22(26)29)14(10-15(24-19)12(2)3)20(27)23-11-13-6-5-7-16-18(13)31-9-8-30-16/h5-7,10,12H,4,8-9,11H2,1-3H3,(H,23,27)(H,25,28,29). The smallest absolute Gasteiger partial charge is 0.329 e. The second-order valence-electron chi connectivity index (χ2n) is 7.58. The van der Waals surface area contributed by atoms with E-state index in [0.717, 1.165) is 5.56 Å². The van der Waals surface area contributed by atoms with E-state index in [9.17, 15) is 14.4 Å². The molecule has 0 spiro atoms. The molecule has 2 aromatic heterocycles. The number of nitrogens with one attached hydrogen (secondary N) is 2. The van der Waals surface area contributed by atoms with Crippen LogP contribution in [0.15, 0.2) is 33.9 Å². The van der Waals surface area contributed by atoms with Crippen LogP contribution in [0.4, 0.5) is 0 Å². The van der Waals surface area contributed by atoms with Crippen LogP contribution in [0.2, 0.25) is 0 Å². The summed E-state index contributed by atoms with van der Waals surface area (Å²) in [6.07, 6.45) is 0. The minimum atomic E-state index is -0.633. The number of hydrogen-bond acceptors (Lipinski definition) is 6. The molecule has 0 saturated heterocycles. The van der Waals surface area contributed by atoms with Crippen molar-refractivity contribution in [2.24, 2.45) is 0 Å². The summed E-state index contributed by atoms with van der Waals surface area (Å²) in [5.74, 6) is 0.810. The van der Waals surface area contributed by atoms with Crippen LogP contribution in [0.1, 0.15) is 48.3 Å². The highest BCUT2D eigenvalue weighted by Crippen LogP contribution is 2.33. The molecule has 1 amide bonds. The number of amides is 1. The molecular formula is C22H24N4O5. The van der Waals surface area contributed by atoms with Gasteiger partial charge in [-0.05, 0) is 25.0 Å². The number of hydrogen-bond donors (Lipinski definition) is 2. The van der Waals surface area contributed by atoms with E-state index in [2.05, 4.69) is 15.3 Å². The number of benzene rings is 1. The molecule has 3 heterocycles. The predicted octanol–water partition coefficient (Wildman–Crippen LogP) is 1.93. The monoisotopic (exact) mass is 424 g/mol. The van der Waals surface area contributed by atoms with Crippen molar-refractivity contribution in [3.05, 3.63) is 61.9 Å². The van der Waals surface area contributed by atoms with Gasteiger partial charge >= 0.3 is 5.69 Å². The molecule has 31 heavy (non-hydrogen) atoms. The molecule has 9 nitrogen and oxygen atoms in total. The summed E-state index contributed by atoms with van der Waals surface area (Å²) in [5.41, 5.74) is 0.603. The fraction of sp³-hybridized carbons (Fsp3) is 0.364. The first kappa shape index (κ1) is 20.6. The van der Waals surface area contributed by atoms with E-state index in [4.69, 9.17) is 9.47 Å². The Hall–Kier alpha value is -3.62. The average Bonchev–Trinajstić information content (AvgIpc) is 2.76. The summed E-state index contributed by atoms with van der Waals surface area (Å²) in [7, 11) is 0. The van der Waals surface area contributed by atoms with E-state index in [1.165, 1.54) is 4.57 Å². The summed E-state index contributed by atoms with van der Waals surface area (Å²) < 4.78 is 12.6. The van der Waals surface area contributed by atoms with Gasteiger partial charge in [-0.25, -0.2) is 9.78 Å². The molecule has 9 heteroatoms. The SMILES string of the molecule is CCn1c(=O)[nH]c(=O)c2c(C(=O)NCc3cccc4c3OCCO4)cc(C(C)C)nc21. The van der Waals surface area contributed by atoms with Gasteiger partial charge in [0.1, 0.15) is 13.2 Å². The molecular weight excluding hydrogens is 400 g/mol. The molecule has 0 aliphatic carbocycles. The second-order valence-corrected chi connectivity index (χ2v) is 7.58. The first-order chi connectivity index (χ1) is 14.9. The second kappa shape index (κ2) is 8.25. The number of carbonyl (C=O) groups is 1. The third-order valence-corrected chi connectivity index (χ3v) is 5.21. The Labute approximate surface area is 178 Å². The van der Waals surface area contributed by atoms with Crippen LogP contribution in [0, 0.1) is 0 Å². The Balaban J connectivity index is 1.76. The fourth-order valence-electron chi connectivity index (χ4n) is 3.61. The number of carbonyl (C=O) groups excluding carboxylic acids is 1. The van der Waals surface area contributed by atoms with E-state index in [1.54, 1.807) is 13.0 Å². The number of aryl methyl sites for hydroxylation is 1. The van der Waals surface area contributed by atoms with Gasteiger partial charge in [0.2, 0.25) is 0 Å². The lowest BCUT2D eigenvalue weighted by Gasteiger charge is -2.21. The molecule has 1 aliphatic rings. The predicted molar refractivity (Wildman–Crippen MR) is 115 cm³/mol. The van der Waals surface area contributed by atoms with Gasteiger partial charge in [-0.1, -0.05) is 26.0 Å². The van der Waals surface area contributed by atoms with E-state index in [1.807, 2.05) is 32.0 Å². The van der Waals surface area contributed by atoms with E-state index >= 15 is 0 Å².